The second-order valence-electron chi connectivity index (χ2n) is 3.91. The lowest BCUT2D eigenvalue weighted by molar-refractivity contribution is 0.713. The predicted molar refractivity (Wildman–Crippen MR) is 61.0 cm³/mol. The molecule has 0 heterocycles. The maximum Gasteiger partial charge on any atom is 0.0300 e. The highest BCUT2D eigenvalue weighted by molar-refractivity contribution is 5.53. The maximum atomic E-state index is 6.02. The fourth-order valence-corrected chi connectivity index (χ4v) is 2.01. The lowest BCUT2D eigenvalue weighted by atomic mass is 10.0. The van der Waals surface area contributed by atoms with Crippen LogP contribution in [0.5, 0.6) is 0 Å². The average Bonchev–Trinajstić information content (AvgIpc) is 2.57. The Kier molecular flexibility index (Phi) is 2.69. The molecule has 1 aromatic rings. The van der Waals surface area contributed by atoms with Gasteiger partial charge in [-0.25, -0.2) is 0 Å². The molecule has 14 heavy (non-hydrogen) atoms. The summed E-state index contributed by atoms with van der Waals surface area (Å²) in [5.41, 5.74) is 10.1. The van der Waals surface area contributed by atoms with Crippen molar-refractivity contribution >= 4 is 6.08 Å². The summed E-state index contributed by atoms with van der Waals surface area (Å²) in [7, 11) is 0. The lowest BCUT2D eigenvalue weighted by Gasteiger charge is -2.05. The van der Waals surface area contributed by atoms with Crippen LogP contribution in [0.4, 0.5) is 0 Å². The van der Waals surface area contributed by atoms with Crippen LogP contribution in [0, 0.1) is 0 Å². The van der Waals surface area contributed by atoms with Gasteiger partial charge in [0.05, 0.1) is 0 Å². The molecule has 0 bridgehead atoms. The summed E-state index contributed by atoms with van der Waals surface area (Å²) < 4.78 is 0. The van der Waals surface area contributed by atoms with E-state index in [4.69, 9.17) is 5.73 Å². The van der Waals surface area contributed by atoms with Crippen molar-refractivity contribution in [2.45, 2.75) is 32.2 Å². The minimum Gasteiger partial charge on any atom is -0.324 e. The van der Waals surface area contributed by atoms with Gasteiger partial charge in [-0.2, -0.15) is 0 Å². The highest BCUT2D eigenvalue weighted by Crippen LogP contribution is 2.30. The van der Waals surface area contributed by atoms with E-state index in [0.29, 0.717) is 0 Å². The van der Waals surface area contributed by atoms with E-state index in [-0.39, 0.29) is 6.04 Å². The van der Waals surface area contributed by atoms with Gasteiger partial charge in [0.15, 0.2) is 0 Å². The van der Waals surface area contributed by atoms with Gasteiger partial charge >= 0.3 is 0 Å². The van der Waals surface area contributed by atoms with Crippen LogP contribution in [0.15, 0.2) is 24.3 Å². The molecule has 0 spiro atoms. The molecule has 0 saturated heterocycles. The first-order valence-electron chi connectivity index (χ1n) is 5.36. The van der Waals surface area contributed by atoms with Crippen LogP contribution in [-0.4, -0.2) is 0 Å². The first kappa shape index (κ1) is 9.47. The van der Waals surface area contributed by atoms with E-state index in [2.05, 4.69) is 37.3 Å². The Labute approximate surface area is 85.6 Å². The molecule has 1 nitrogen and oxygen atoms in total. The highest BCUT2D eigenvalue weighted by Gasteiger charge is 2.18. The minimum absolute atomic E-state index is 0.264. The third kappa shape index (κ3) is 1.73. The molecule has 0 amide bonds. The lowest BCUT2D eigenvalue weighted by Crippen LogP contribution is -2.05. The Morgan fingerprint density at radius 1 is 1.50 bits per heavy atom. The quantitative estimate of drug-likeness (QED) is 0.756. The summed E-state index contributed by atoms with van der Waals surface area (Å²) in [6.07, 6.45) is 7.70. The first-order valence-corrected chi connectivity index (χ1v) is 5.36. The van der Waals surface area contributed by atoms with Crippen molar-refractivity contribution in [3.05, 3.63) is 41.0 Å². The van der Waals surface area contributed by atoms with Crippen molar-refractivity contribution in [3.8, 4) is 0 Å². The van der Waals surface area contributed by atoms with Crippen LogP contribution in [-0.2, 0) is 6.42 Å². The van der Waals surface area contributed by atoms with Gasteiger partial charge < -0.3 is 5.73 Å². The number of benzene rings is 1. The summed E-state index contributed by atoms with van der Waals surface area (Å²) in [5, 5.41) is 0. The van der Waals surface area contributed by atoms with E-state index in [9.17, 15) is 0 Å². The van der Waals surface area contributed by atoms with Gasteiger partial charge in [-0.3, -0.25) is 0 Å². The normalized spacial score (nSPS) is 20.3. The van der Waals surface area contributed by atoms with Gasteiger partial charge in [0.2, 0.25) is 0 Å². The molecule has 0 aliphatic heterocycles. The van der Waals surface area contributed by atoms with Gasteiger partial charge in [-0.15, -0.1) is 0 Å². The Hall–Kier alpha value is -1.08. The van der Waals surface area contributed by atoms with Crippen molar-refractivity contribution < 1.29 is 0 Å². The first-order chi connectivity index (χ1) is 6.81. The number of fused-ring (bicyclic) bond motifs is 1. The van der Waals surface area contributed by atoms with E-state index in [1.807, 2.05) is 0 Å². The molecule has 1 aliphatic carbocycles. The molecule has 2 rings (SSSR count). The van der Waals surface area contributed by atoms with Gasteiger partial charge in [-0.1, -0.05) is 31.2 Å². The summed E-state index contributed by atoms with van der Waals surface area (Å²) in [5.74, 6) is 0. The van der Waals surface area contributed by atoms with Crippen LogP contribution >= 0.6 is 0 Å². The summed E-state index contributed by atoms with van der Waals surface area (Å²) in [4.78, 5) is 0. The maximum absolute atomic E-state index is 6.02. The van der Waals surface area contributed by atoms with Crippen molar-refractivity contribution in [2.24, 2.45) is 5.73 Å². The van der Waals surface area contributed by atoms with Crippen LogP contribution in [0.3, 0.4) is 0 Å². The van der Waals surface area contributed by atoms with Crippen molar-refractivity contribution in [1.29, 1.82) is 0 Å². The molecule has 1 atom stereocenters. The van der Waals surface area contributed by atoms with Gasteiger partial charge in [0, 0.05) is 6.04 Å². The summed E-state index contributed by atoms with van der Waals surface area (Å²) in [6, 6.07) is 6.90. The zero-order chi connectivity index (χ0) is 9.97. The van der Waals surface area contributed by atoms with Crippen molar-refractivity contribution in [1.82, 2.24) is 0 Å². The SMILES string of the molecule is CCC=Cc1ccc2c(c1)C(N)CC2. The topological polar surface area (TPSA) is 26.0 Å². The molecule has 2 N–H and O–H groups in total. The molecule has 1 unspecified atom stereocenters. The van der Waals surface area contributed by atoms with E-state index in [1.54, 1.807) is 0 Å². The standard InChI is InChI=1S/C13H17N/c1-2-3-4-10-5-6-11-7-8-13(14)12(11)9-10/h3-6,9,13H,2,7-8,14H2,1H3. The number of rotatable bonds is 2. The molecule has 0 radical (unpaired) electrons. The molecular formula is C13H17N. The van der Waals surface area contributed by atoms with Crippen molar-refractivity contribution in [3.63, 3.8) is 0 Å². The minimum atomic E-state index is 0.264. The Morgan fingerprint density at radius 2 is 2.36 bits per heavy atom. The number of nitrogens with two attached hydrogens (primary N) is 1. The van der Waals surface area contributed by atoms with Crippen LogP contribution in [0.25, 0.3) is 6.08 Å². The molecule has 0 saturated carbocycles. The molecule has 1 aliphatic rings. The number of hydrogen-bond donors (Lipinski definition) is 1. The third-order valence-electron chi connectivity index (χ3n) is 2.84. The van der Waals surface area contributed by atoms with Crippen LogP contribution in [0.1, 0.15) is 42.5 Å². The fraction of sp³-hybridized carbons (Fsp3) is 0.385. The number of allylic oxidation sites excluding steroid dienone is 1. The molecular weight excluding hydrogens is 170 g/mol. The second-order valence-corrected chi connectivity index (χ2v) is 3.91. The molecule has 0 fully saturated rings. The molecule has 74 valence electrons. The van der Waals surface area contributed by atoms with Crippen LogP contribution in [0.2, 0.25) is 0 Å². The van der Waals surface area contributed by atoms with E-state index < -0.39 is 0 Å². The highest BCUT2D eigenvalue weighted by atomic mass is 14.6. The van der Waals surface area contributed by atoms with Gasteiger partial charge in [-0.05, 0) is 42.0 Å². The number of hydrogen-bond acceptors (Lipinski definition) is 1. The monoisotopic (exact) mass is 187 g/mol. The second kappa shape index (κ2) is 3.97. The van der Waals surface area contributed by atoms with Gasteiger partial charge in [0.25, 0.3) is 0 Å². The average molecular weight is 187 g/mol. The largest absolute Gasteiger partial charge is 0.324 e. The number of aryl methyl sites for hydroxylation is 1. The third-order valence-corrected chi connectivity index (χ3v) is 2.84. The Morgan fingerprint density at radius 3 is 3.14 bits per heavy atom. The fourth-order valence-electron chi connectivity index (χ4n) is 2.01. The van der Waals surface area contributed by atoms with Crippen LogP contribution < -0.4 is 5.73 Å². The molecule has 1 aromatic carbocycles. The molecule has 1 heteroatoms. The molecule has 0 aromatic heterocycles. The zero-order valence-electron chi connectivity index (χ0n) is 8.66. The van der Waals surface area contributed by atoms with E-state index in [0.717, 1.165) is 19.3 Å². The van der Waals surface area contributed by atoms with E-state index >= 15 is 0 Å². The smallest absolute Gasteiger partial charge is 0.0300 e. The Balaban J connectivity index is 2.30. The van der Waals surface area contributed by atoms with E-state index in [1.165, 1.54) is 16.7 Å². The summed E-state index contributed by atoms with van der Waals surface area (Å²) in [6.45, 7) is 2.15. The predicted octanol–water partition coefficient (Wildman–Crippen LogP) is 3.06. The Bertz CT molecular complexity index is 352. The van der Waals surface area contributed by atoms with Crippen molar-refractivity contribution in [2.75, 3.05) is 0 Å². The van der Waals surface area contributed by atoms with Gasteiger partial charge in [0.1, 0.15) is 0 Å². The summed E-state index contributed by atoms with van der Waals surface area (Å²) >= 11 is 0. The zero-order valence-corrected chi connectivity index (χ0v) is 8.66.